The molecule has 172 valence electrons. The molecule has 0 saturated heterocycles. The van der Waals surface area contributed by atoms with Gasteiger partial charge in [-0.3, -0.25) is 14.5 Å². The van der Waals surface area contributed by atoms with E-state index in [1.807, 2.05) is 0 Å². The van der Waals surface area contributed by atoms with Crippen molar-refractivity contribution in [1.82, 2.24) is 10.6 Å². The Bertz CT molecular complexity index is 851. The largest absolute Gasteiger partial charge is 0.508 e. The Kier molecular flexibility index (Phi) is 7.07. The Morgan fingerprint density at radius 2 is 1.90 bits per heavy atom. The van der Waals surface area contributed by atoms with Crippen LogP contribution in [0.3, 0.4) is 0 Å². The lowest BCUT2D eigenvalue weighted by atomic mass is 10.1. The molecular formula is C20H26F3N3O5. The van der Waals surface area contributed by atoms with Gasteiger partial charge in [-0.15, -0.1) is 0 Å². The Morgan fingerprint density at radius 3 is 2.45 bits per heavy atom. The highest BCUT2D eigenvalue weighted by molar-refractivity contribution is 6.06. The number of benzene rings is 1. The van der Waals surface area contributed by atoms with Crippen LogP contribution in [-0.2, 0) is 20.7 Å². The van der Waals surface area contributed by atoms with Crippen LogP contribution in [0.1, 0.15) is 39.7 Å². The number of alkyl halides is 3. The number of fused-ring (bicyclic) bond motifs is 1. The van der Waals surface area contributed by atoms with Gasteiger partial charge in [0.15, 0.2) is 0 Å². The molecule has 31 heavy (non-hydrogen) atoms. The molecule has 1 aliphatic heterocycles. The van der Waals surface area contributed by atoms with Gasteiger partial charge in [0.2, 0.25) is 11.8 Å². The molecule has 1 aromatic rings. The zero-order valence-electron chi connectivity index (χ0n) is 17.7. The van der Waals surface area contributed by atoms with Crippen LogP contribution in [0.4, 0.5) is 23.7 Å². The number of nitrogens with one attached hydrogen (secondary N) is 2. The van der Waals surface area contributed by atoms with E-state index in [0.717, 1.165) is 4.90 Å². The fraction of sp³-hybridized carbons (Fsp3) is 0.550. The Balaban J connectivity index is 2.29. The minimum atomic E-state index is -4.61. The van der Waals surface area contributed by atoms with Crippen LogP contribution >= 0.6 is 0 Å². The predicted octanol–water partition coefficient (Wildman–Crippen LogP) is 2.63. The average Bonchev–Trinajstić information content (AvgIpc) is 3.00. The third kappa shape index (κ3) is 6.50. The summed E-state index contributed by atoms with van der Waals surface area (Å²) in [6, 6.07) is 1.71. The standard InChI is InChI=1S/C20H26F3N3O5/c1-5-13(25-18(30)31-19(2,3)4)17(29)26-14-7-6-12(27)8-11(14)9-15(26)16(28)24-10-20(21,22)23/h6-8,13,15,27H,5,9-10H2,1-4H3,(H,24,28)(H,25,30)/t13-,15+/m0/s1. The molecular weight excluding hydrogens is 419 g/mol. The second-order valence-corrected chi connectivity index (χ2v) is 8.18. The lowest BCUT2D eigenvalue weighted by molar-refractivity contribution is -0.139. The second kappa shape index (κ2) is 9.03. The zero-order chi connectivity index (χ0) is 23.6. The Morgan fingerprint density at radius 1 is 1.26 bits per heavy atom. The van der Waals surface area contributed by atoms with E-state index in [4.69, 9.17) is 4.74 Å². The molecule has 0 aromatic heterocycles. The fourth-order valence-corrected chi connectivity index (χ4v) is 3.18. The maximum atomic E-state index is 13.2. The minimum Gasteiger partial charge on any atom is -0.508 e. The molecule has 3 N–H and O–H groups in total. The second-order valence-electron chi connectivity index (χ2n) is 8.18. The van der Waals surface area contributed by atoms with Crippen LogP contribution < -0.4 is 15.5 Å². The number of nitrogens with zero attached hydrogens (tertiary/aromatic N) is 1. The van der Waals surface area contributed by atoms with Gasteiger partial charge in [-0.1, -0.05) is 6.92 Å². The highest BCUT2D eigenvalue weighted by atomic mass is 19.4. The number of halogens is 3. The van der Waals surface area contributed by atoms with Gasteiger partial charge in [-0.05, 0) is 51.0 Å². The van der Waals surface area contributed by atoms with Crippen LogP contribution in [0.5, 0.6) is 5.75 Å². The molecule has 0 radical (unpaired) electrons. The number of rotatable bonds is 5. The van der Waals surface area contributed by atoms with Crippen LogP contribution in [-0.4, -0.2) is 53.4 Å². The molecule has 1 aliphatic rings. The number of ether oxygens (including phenoxy) is 1. The van der Waals surface area contributed by atoms with E-state index in [0.29, 0.717) is 5.56 Å². The minimum absolute atomic E-state index is 0.0813. The first-order valence-electron chi connectivity index (χ1n) is 9.70. The molecule has 8 nitrogen and oxygen atoms in total. The monoisotopic (exact) mass is 445 g/mol. The van der Waals surface area contributed by atoms with Crippen molar-refractivity contribution in [2.75, 3.05) is 11.4 Å². The molecule has 1 heterocycles. The number of carbonyl (C=O) groups is 3. The summed E-state index contributed by atoms with van der Waals surface area (Å²) in [5.41, 5.74) is -0.101. The number of phenols is 1. The first-order valence-corrected chi connectivity index (χ1v) is 9.70. The smallest absolute Gasteiger partial charge is 0.408 e. The van der Waals surface area contributed by atoms with Gasteiger partial charge in [0.25, 0.3) is 0 Å². The van der Waals surface area contributed by atoms with Gasteiger partial charge in [-0.2, -0.15) is 13.2 Å². The fourth-order valence-electron chi connectivity index (χ4n) is 3.18. The summed E-state index contributed by atoms with van der Waals surface area (Å²) < 4.78 is 42.8. The number of hydrogen-bond donors (Lipinski definition) is 3. The molecule has 2 rings (SSSR count). The van der Waals surface area contributed by atoms with Crippen molar-refractivity contribution < 1.29 is 37.4 Å². The van der Waals surface area contributed by atoms with Crippen molar-refractivity contribution in [3.8, 4) is 5.75 Å². The van der Waals surface area contributed by atoms with Crippen molar-refractivity contribution in [3.63, 3.8) is 0 Å². The maximum absolute atomic E-state index is 13.2. The van der Waals surface area contributed by atoms with Crippen LogP contribution in [0, 0.1) is 0 Å². The van der Waals surface area contributed by atoms with Crippen molar-refractivity contribution in [2.24, 2.45) is 0 Å². The highest BCUT2D eigenvalue weighted by Gasteiger charge is 2.42. The summed E-state index contributed by atoms with van der Waals surface area (Å²) in [5.74, 6) is -1.78. The number of carbonyl (C=O) groups excluding carboxylic acids is 3. The van der Waals surface area contributed by atoms with Gasteiger partial charge in [0.1, 0.15) is 30.0 Å². The van der Waals surface area contributed by atoms with Gasteiger partial charge in [0, 0.05) is 12.1 Å². The summed E-state index contributed by atoms with van der Waals surface area (Å²) in [6.07, 6.45) is -5.38. The van der Waals surface area contributed by atoms with Crippen molar-refractivity contribution in [2.45, 2.75) is 64.4 Å². The third-order valence-corrected chi connectivity index (χ3v) is 4.45. The van der Waals surface area contributed by atoms with E-state index in [2.05, 4.69) is 5.32 Å². The van der Waals surface area contributed by atoms with E-state index >= 15 is 0 Å². The quantitative estimate of drug-likeness (QED) is 0.646. The van der Waals surface area contributed by atoms with Gasteiger partial charge in [-0.25, -0.2) is 4.79 Å². The molecule has 11 heteroatoms. The Hall–Kier alpha value is -2.98. The average molecular weight is 445 g/mol. The first-order chi connectivity index (χ1) is 14.2. The van der Waals surface area contributed by atoms with E-state index < -0.39 is 48.3 Å². The summed E-state index contributed by atoms with van der Waals surface area (Å²) in [6.45, 7) is 5.05. The van der Waals surface area contributed by atoms with Crippen LogP contribution in [0.15, 0.2) is 18.2 Å². The summed E-state index contributed by atoms with van der Waals surface area (Å²) in [4.78, 5) is 38.9. The van der Waals surface area contributed by atoms with E-state index in [1.165, 1.54) is 18.2 Å². The topological polar surface area (TPSA) is 108 Å². The number of amides is 3. The lowest BCUT2D eigenvalue weighted by Gasteiger charge is -2.29. The van der Waals surface area contributed by atoms with Crippen LogP contribution in [0.25, 0.3) is 0 Å². The molecule has 0 spiro atoms. The number of hydrogen-bond acceptors (Lipinski definition) is 5. The Labute approximate surface area is 177 Å². The maximum Gasteiger partial charge on any atom is 0.408 e. The molecule has 0 bridgehead atoms. The number of phenolic OH excluding ortho intramolecular Hbond substituents is 1. The zero-order valence-corrected chi connectivity index (χ0v) is 17.7. The molecule has 0 unspecified atom stereocenters. The lowest BCUT2D eigenvalue weighted by Crippen LogP contribution is -2.55. The first kappa shape index (κ1) is 24.3. The SMILES string of the molecule is CC[C@H](NC(=O)OC(C)(C)C)C(=O)N1c2ccc(O)cc2C[C@@H]1C(=O)NCC(F)(F)F. The number of aromatic hydroxyl groups is 1. The predicted molar refractivity (Wildman–Crippen MR) is 106 cm³/mol. The molecule has 3 amide bonds. The molecule has 0 fully saturated rings. The highest BCUT2D eigenvalue weighted by Crippen LogP contribution is 2.35. The number of alkyl carbamates (subject to hydrolysis) is 1. The third-order valence-electron chi connectivity index (χ3n) is 4.45. The van der Waals surface area contributed by atoms with Crippen molar-refractivity contribution in [3.05, 3.63) is 23.8 Å². The van der Waals surface area contributed by atoms with E-state index in [9.17, 15) is 32.7 Å². The van der Waals surface area contributed by atoms with Gasteiger partial charge < -0.3 is 20.5 Å². The summed E-state index contributed by atoms with van der Waals surface area (Å²) in [5, 5.41) is 14.0. The van der Waals surface area contributed by atoms with Gasteiger partial charge in [0.05, 0.1) is 0 Å². The molecule has 2 atom stereocenters. The van der Waals surface area contributed by atoms with E-state index in [-0.39, 0.29) is 24.3 Å². The normalized spacial score (nSPS) is 17.0. The summed E-state index contributed by atoms with van der Waals surface area (Å²) >= 11 is 0. The molecule has 0 saturated carbocycles. The van der Waals surface area contributed by atoms with Gasteiger partial charge >= 0.3 is 12.3 Å². The van der Waals surface area contributed by atoms with Crippen molar-refractivity contribution >= 4 is 23.6 Å². The van der Waals surface area contributed by atoms with E-state index in [1.54, 1.807) is 33.0 Å². The van der Waals surface area contributed by atoms with Crippen molar-refractivity contribution in [1.29, 1.82) is 0 Å². The number of anilines is 1. The summed E-state index contributed by atoms with van der Waals surface area (Å²) in [7, 11) is 0. The molecule has 1 aromatic carbocycles. The van der Waals surface area contributed by atoms with Crippen LogP contribution in [0.2, 0.25) is 0 Å². The molecule has 0 aliphatic carbocycles.